The maximum atomic E-state index is 14.6. The van der Waals surface area contributed by atoms with E-state index in [0.29, 0.717) is 0 Å². The first-order valence-corrected chi connectivity index (χ1v) is 6.37. The number of hydrogen-bond acceptors (Lipinski definition) is 7. The minimum absolute atomic E-state index is 0.0507. The molecular weight excluding hydrogens is 310 g/mol. The van der Waals surface area contributed by atoms with E-state index in [-0.39, 0.29) is 22.6 Å². The number of nitrogens with two attached hydrogens (primary N) is 1. The average Bonchev–Trinajstić information content (AvgIpc) is 2.92. The number of halogens is 2. The molecule has 0 spiro atoms. The molecule has 0 aliphatic carbocycles. The van der Waals surface area contributed by atoms with Gasteiger partial charge in [-0.05, 0) is 12.1 Å². The lowest BCUT2D eigenvalue weighted by Crippen LogP contribution is -2.11. The largest absolute Gasteiger partial charge is 0.464 e. The van der Waals surface area contributed by atoms with Gasteiger partial charge >= 0.3 is 5.97 Å². The Bertz CT molecular complexity index is 910. The molecule has 2 heterocycles. The van der Waals surface area contributed by atoms with Crippen LogP contribution in [-0.4, -0.2) is 23.2 Å². The number of rotatable bonds is 3. The van der Waals surface area contributed by atoms with Crippen molar-refractivity contribution in [3.8, 4) is 0 Å². The Morgan fingerprint density at radius 1 is 1.35 bits per heavy atom. The van der Waals surface area contributed by atoms with E-state index >= 15 is 0 Å². The molecule has 0 unspecified atom stereocenters. The van der Waals surface area contributed by atoms with E-state index in [0.717, 1.165) is 7.11 Å². The number of benzene rings is 1. The van der Waals surface area contributed by atoms with Crippen molar-refractivity contribution in [3.63, 3.8) is 0 Å². The summed E-state index contributed by atoms with van der Waals surface area (Å²) in [6.07, 6.45) is 0. The molecule has 0 aliphatic rings. The summed E-state index contributed by atoms with van der Waals surface area (Å²) in [6, 6.07) is 5.56. The fourth-order valence-corrected chi connectivity index (χ4v) is 1.99. The SMILES string of the molecule is COC(=O)c1nc2c(N)noc2c(F)c1Nc1ccccc1F. The standard InChI is InChI=1S/C14H10F2N4O3/c1-22-14(21)10-9(18-7-5-3-2-4-6(7)15)8(16)12-11(19-10)13(17)20-23-12/h2-5,18H,1H3,(H2,17,20). The molecule has 0 radical (unpaired) electrons. The lowest BCUT2D eigenvalue weighted by molar-refractivity contribution is 0.0595. The van der Waals surface area contributed by atoms with Crippen molar-refractivity contribution in [3.05, 3.63) is 41.6 Å². The number of nitrogens with one attached hydrogen (secondary N) is 1. The molecule has 23 heavy (non-hydrogen) atoms. The first-order chi connectivity index (χ1) is 11.0. The minimum Gasteiger partial charge on any atom is -0.464 e. The van der Waals surface area contributed by atoms with Gasteiger partial charge < -0.3 is 20.3 Å². The quantitative estimate of drug-likeness (QED) is 0.715. The Hall–Kier alpha value is -3.23. The van der Waals surface area contributed by atoms with Crippen molar-refractivity contribution in [1.82, 2.24) is 10.1 Å². The second-order valence-electron chi connectivity index (χ2n) is 4.49. The predicted molar refractivity (Wildman–Crippen MR) is 77.2 cm³/mol. The number of nitrogens with zero attached hydrogens (tertiary/aromatic N) is 2. The van der Waals surface area contributed by atoms with Crippen LogP contribution in [-0.2, 0) is 4.74 Å². The monoisotopic (exact) mass is 320 g/mol. The van der Waals surface area contributed by atoms with Crippen LogP contribution in [0, 0.1) is 11.6 Å². The number of pyridine rings is 1. The summed E-state index contributed by atoms with van der Waals surface area (Å²) in [5.74, 6) is -2.73. The number of ether oxygens (including phenoxy) is 1. The first kappa shape index (κ1) is 14.7. The zero-order chi connectivity index (χ0) is 16.6. The zero-order valence-electron chi connectivity index (χ0n) is 11.8. The average molecular weight is 320 g/mol. The van der Waals surface area contributed by atoms with Crippen LogP contribution in [0.5, 0.6) is 0 Å². The summed E-state index contributed by atoms with van der Waals surface area (Å²) in [5.41, 5.74) is 4.18. The fraction of sp³-hybridized carbons (Fsp3) is 0.0714. The lowest BCUT2D eigenvalue weighted by Gasteiger charge is -2.11. The molecule has 0 fully saturated rings. The molecule has 3 rings (SSSR count). The van der Waals surface area contributed by atoms with E-state index in [4.69, 9.17) is 10.3 Å². The number of carbonyl (C=O) groups excluding carboxylic acids is 1. The van der Waals surface area contributed by atoms with E-state index in [1.807, 2.05) is 0 Å². The normalized spacial score (nSPS) is 10.7. The lowest BCUT2D eigenvalue weighted by atomic mass is 10.2. The number of esters is 1. The van der Waals surface area contributed by atoms with Crippen LogP contribution < -0.4 is 11.1 Å². The highest BCUT2D eigenvalue weighted by atomic mass is 19.1. The Kier molecular flexibility index (Phi) is 3.53. The number of hydrogen-bond donors (Lipinski definition) is 2. The van der Waals surface area contributed by atoms with Crippen LogP contribution in [0.15, 0.2) is 28.8 Å². The predicted octanol–water partition coefficient (Wildman–Crippen LogP) is 2.61. The second-order valence-corrected chi connectivity index (χ2v) is 4.49. The van der Waals surface area contributed by atoms with Gasteiger partial charge in [0.15, 0.2) is 22.8 Å². The molecule has 0 aliphatic heterocycles. The number of para-hydroxylation sites is 1. The first-order valence-electron chi connectivity index (χ1n) is 6.37. The third-order valence-electron chi connectivity index (χ3n) is 3.08. The number of fused-ring (bicyclic) bond motifs is 1. The maximum Gasteiger partial charge on any atom is 0.358 e. The van der Waals surface area contributed by atoms with E-state index in [1.165, 1.54) is 18.2 Å². The van der Waals surface area contributed by atoms with Crippen LogP contribution in [0.1, 0.15) is 10.5 Å². The third kappa shape index (κ3) is 2.41. The Balaban J connectivity index is 2.23. The number of nitrogen functional groups attached to an aromatic ring is 1. The van der Waals surface area contributed by atoms with Gasteiger partial charge in [0.25, 0.3) is 0 Å². The number of carbonyl (C=O) groups is 1. The van der Waals surface area contributed by atoms with Crippen LogP contribution in [0.25, 0.3) is 11.1 Å². The molecule has 0 saturated carbocycles. The van der Waals surface area contributed by atoms with Crippen molar-refractivity contribution in [2.75, 3.05) is 18.2 Å². The topological polar surface area (TPSA) is 103 Å². The number of methoxy groups -OCH3 is 1. The summed E-state index contributed by atoms with van der Waals surface area (Å²) in [6.45, 7) is 0. The summed E-state index contributed by atoms with van der Waals surface area (Å²) >= 11 is 0. The van der Waals surface area contributed by atoms with Crippen LogP contribution in [0.4, 0.5) is 26.0 Å². The van der Waals surface area contributed by atoms with Gasteiger partial charge in [0.1, 0.15) is 11.5 Å². The van der Waals surface area contributed by atoms with Crippen molar-refractivity contribution in [1.29, 1.82) is 0 Å². The molecule has 3 N–H and O–H groups in total. The van der Waals surface area contributed by atoms with Gasteiger partial charge in [-0.25, -0.2) is 18.6 Å². The van der Waals surface area contributed by atoms with Gasteiger partial charge in [0.05, 0.1) is 12.8 Å². The molecule has 9 heteroatoms. The highest BCUT2D eigenvalue weighted by Gasteiger charge is 2.26. The summed E-state index contributed by atoms with van der Waals surface area (Å²) in [7, 11) is 1.11. The molecule has 0 bridgehead atoms. The maximum absolute atomic E-state index is 14.6. The highest BCUT2D eigenvalue weighted by molar-refractivity contribution is 5.99. The number of anilines is 3. The molecular formula is C14H10F2N4O3. The highest BCUT2D eigenvalue weighted by Crippen LogP contribution is 2.32. The van der Waals surface area contributed by atoms with Crippen LogP contribution >= 0.6 is 0 Å². The van der Waals surface area contributed by atoms with E-state index in [2.05, 4.69) is 20.2 Å². The Morgan fingerprint density at radius 3 is 2.78 bits per heavy atom. The summed E-state index contributed by atoms with van der Waals surface area (Å²) in [4.78, 5) is 15.8. The summed E-state index contributed by atoms with van der Waals surface area (Å²) < 4.78 is 37.7. The fourth-order valence-electron chi connectivity index (χ4n) is 1.99. The minimum atomic E-state index is -0.983. The van der Waals surface area contributed by atoms with Gasteiger partial charge in [-0.1, -0.05) is 17.3 Å². The van der Waals surface area contributed by atoms with Crippen molar-refractivity contribution >= 4 is 34.3 Å². The smallest absolute Gasteiger partial charge is 0.358 e. The summed E-state index contributed by atoms with van der Waals surface area (Å²) in [5, 5.41) is 5.88. The molecule has 118 valence electrons. The van der Waals surface area contributed by atoms with Crippen LogP contribution in [0.3, 0.4) is 0 Å². The van der Waals surface area contributed by atoms with Crippen LogP contribution in [0.2, 0.25) is 0 Å². The molecule has 3 aromatic rings. The zero-order valence-corrected chi connectivity index (χ0v) is 11.8. The van der Waals surface area contributed by atoms with Gasteiger partial charge in [0, 0.05) is 0 Å². The van der Waals surface area contributed by atoms with E-state index < -0.39 is 29.0 Å². The molecule has 0 saturated heterocycles. The van der Waals surface area contributed by atoms with E-state index in [1.54, 1.807) is 6.07 Å². The molecule has 7 nitrogen and oxygen atoms in total. The van der Waals surface area contributed by atoms with Gasteiger partial charge in [-0.3, -0.25) is 0 Å². The Morgan fingerprint density at radius 2 is 2.09 bits per heavy atom. The van der Waals surface area contributed by atoms with E-state index in [9.17, 15) is 13.6 Å². The molecule has 0 amide bonds. The third-order valence-corrected chi connectivity index (χ3v) is 3.08. The van der Waals surface area contributed by atoms with Gasteiger partial charge in [-0.15, -0.1) is 0 Å². The van der Waals surface area contributed by atoms with Gasteiger partial charge in [-0.2, -0.15) is 0 Å². The molecule has 2 aromatic heterocycles. The van der Waals surface area contributed by atoms with Crippen molar-refractivity contribution in [2.24, 2.45) is 0 Å². The molecule has 0 atom stereocenters. The Labute approximate surface area is 128 Å². The van der Waals surface area contributed by atoms with Crippen molar-refractivity contribution < 1.29 is 22.8 Å². The number of aromatic nitrogens is 2. The van der Waals surface area contributed by atoms with Crippen molar-refractivity contribution in [2.45, 2.75) is 0 Å². The van der Waals surface area contributed by atoms with Gasteiger partial charge in [0.2, 0.25) is 5.58 Å². The molecule has 1 aromatic carbocycles. The second kappa shape index (κ2) is 5.52.